The van der Waals surface area contributed by atoms with Gasteiger partial charge in [0.1, 0.15) is 0 Å². The summed E-state index contributed by atoms with van der Waals surface area (Å²) in [5, 5.41) is 0. The first-order valence-electron chi connectivity index (χ1n) is 6.72. The number of hydrogen-bond acceptors (Lipinski definition) is 5. The Morgan fingerprint density at radius 3 is 2.23 bits per heavy atom. The van der Waals surface area contributed by atoms with Crippen LogP contribution in [-0.4, -0.2) is 21.3 Å². The number of benzene rings is 2. The van der Waals surface area contributed by atoms with Crippen LogP contribution in [0.2, 0.25) is 0 Å². The van der Waals surface area contributed by atoms with E-state index in [2.05, 4.69) is 26.8 Å². The molecule has 0 spiro atoms. The fourth-order valence-corrected chi connectivity index (χ4v) is 2.66. The standard InChI is InChI=1S/C16H19BrN2O3/c1-20-13-9-11(14(17)16(22-3)15(13)21-2)10-18-19-12-7-5-4-6-8-12/h4-9,18-19H,10H2,1-3H3. The molecule has 0 heterocycles. The molecule has 0 bridgehead atoms. The molecule has 0 unspecified atom stereocenters. The van der Waals surface area contributed by atoms with Crippen molar-refractivity contribution < 1.29 is 14.2 Å². The van der Waals surface area contributed by atoms with Gasteiger partial charge in [0.2, 0.25) is 5.75 Å². The Balaban J connectivity index is 2.16. The van der Waals surface area contributed by atoms with Gasteiger partial charge < -0.3 is 19.6 Å². The maximum absolute atomic E-state index is 5.41. The molecule has 0 aliphatic carbocycles. The van der Waals surface area contributed by atoms with Gasteiger partial charge in [-0.05, 0) is 39.7 Å². The van der Waals surface area contributed by atoms with Gasteiger partial charge in [-0.2, -0.15) is 0 Å². The minimum Gasteiger partial charge on any atom is -0.493 e. The maximum Gasteiger partial charge on any atom is 0.204 e. The maximum atomic E-state index is 5.41. The number of rotatable bonds is 7. The lowest BCUT2D eigenvalue weighted by atomic mass is 10.2. The summed E-state index contributed by atoms with van der Waals surface area (Å²) in [5.74, 6) is 1.80. The fourth-order valence-electron chi connectivity index (χ4n) is 2.06. The van der Waals surface area contributed by atoms with E-state index < -0.39 is 0 Å². The molecule has 5 nitrogen and oxygen atoms in total. The van der Waals surface area contributed by atoms with E-state index in [-0.39, 0.29) is 0 Å². The van der Waals surface area contributed by atoms with E-state index in [0.29, 0.717) is 23.8 Å². The van der Waals surface area contributed by atoms with Crippen molar-refractivity contribution in [3.05, 3.63) is 46.4 Å². The lowest BCUT2D eigenvalue weighted by Crippen LogP contribution is -2.21. The Morgan fingerprint density at radius 2 is 1.64 bits per heavy atom. The molecule has 0 amide bonds. The zero-order chi connectivity index (χ0) is 15.9. The Labute approximate surface area is 138 Å². The number of nitrogens with one attached hydrogen (secondary N) is 2. The van der Waals surface area contributed by atoms with Crippen molar-refractivity contribution in [3.63, 3.8) is 0 Å². The summed E-state index contributed by atoms with van der Waals surface area (Å²) in [5.41, 5.74) is 8.28. The molecule has 0 fully saturated rings. The van der Waals surface area contributed by atoms with Gasteiger partial charge in [0.15, 0.2) is 11.5 Å². The summed E-state index contributed by atoms with van der Waals surface area (Å²) in [6.07, 6.45) is 0. The van der Waals surface area contributed by atoms with Crippen LogP contribution in [0.3, 0.4) is 0 Å². The van der Waals surface area contributed by atoms with E-state index in [9.17, 15) is 0 Å². The summed E-state index contributed by atoms with van der Waals surface area (Å²) < 4.78 is 17.0. The molecule has 0 aliphatic rings. The number of halogens is 1. The lowest BCUT2D eigenvalue weighted by molar-refractivity contribution is 0.322. The van der Waals surface area contributed by atoms with Gasteiger partial charge in [-0.25, -0.2) is 5.43 Å². The van der Waals surface area contributed by atoms with Crippen LogP contribution in [0.1, 0.15) is 5.56 Å². The Hall–Kier alpha value is -1.92. The second kappa shape index (κ2) is 7.91. The van der Waals surface area contributed by atoms with Crippen molar-refractivity contribution in [2.24, 2.45) is 0 Å². The average Bonchev–Trinajstić information content (AvgIpc) is 2.56. The SMILES string of the molecule is COc1cc(CNNc2ccccc2)c(Br)c(OC)c1OC. The van der Waals surface area contributed by atoms with E-state index in [1.54, 1.807) is 21.3 Å². The first kappa shape index (κ1) is 16.5. The molecule has 2 rings (SSSR count). The number of hydrazine groups is 1. The third kappa shape index (κ3) is 3.64. The predicted octanol–water partition coefficient (Wildman–Crippen LogP) is 3.59. The summed E-state index contributed by atoms with van der Waals surface area (Å²) in [7, 11) is 4.79. The number of para-hydroxylation sites is 1. The third-order valence-electron chi connectivity index (χ3n) is 3.13. The van der Waals surface area contributed by atoms with E-state index in [1.165, 1.54) is 0 Å². The number of hydrogen-bond donors (Lipinski definition) is 2. The van der Waals surface area contributed by atoms with Crippen LogP contribution in [-0.2, 0) is 6.54 Å². The van der Waals surface area contributed by atoms with Crippen LogP contribution in [0.4, 0.5) is 5.69 Å². The molecule has 22 heavy (non-hydrogen) atoms. The zero-order valence-electron chi connectivity index (χ0n) is 12.8. The molecule has 2 aromatic carbocycles. The van der Waals surface area contributed by atoms with Gasteiger partial charge in [-0.1, -0.05) is 18.2 Å². The van der Waals surface area contributed by atoms with Crippen molar-refractivity contribution in [2.45, 2.75) is 6.54 Å². The zero-order valence-corrected chi connectivity index (χ0v) is 14.4. The molecule has 0 radical (unpaired) electrons. The first-order chi connectivity index (χ1) is 10.7. The Kier molecular flexibility index (Phi) is 5.91. The molecule has 118 valence electrons. The molecule has 0 saturated heterocycles. The second-order valence-electron chi connectivity index (χ2n) is 4.46. The molecule has 2 aromatic rings. The number of anilines is 1. The molecule has 0 atom stereocenters. The molecular weight excluding hydrogens is 348 g/mol. The Bertz CT molecular complexity index is 621. The van der Waals surface area contributed by atoms with Crippen molar-refractivity contribution in [1.82, 2.24) is 5.43 Å². The third-order valence-corrected chi connectivity index (χ3v) is 4.00. The van der Waals surface area contributed by atoms with E-state index in [0.717, 1.165) is 15.7 Å². The first-order valence-corrected chi connectivity index (χ1v) is 7.51. The van der Waals surface area contributed by atoms with Crippen molar-refractivity contribution in [1.29, 1.82) is 0 Å². The highest BCUT2D eigenvalue weighted by molar-refractivity contribution is 9.10. The lowest BCUT2D eigenvalue weighted by Gasteiger charge is -2.17. The number of ether oxygens (including phenoxy) is 3. The van der Waals surface area contributed by atoms with Crippen LogP contribution < -0.4 is 25.1 Å². The molecule has 0 aliphatic heterocycles. The predicted molar refractivity (Wildman–Crippen MR) is 90.7 cm³/mol. The molecule has 6 heteroatoms. The fraction of sp³-hybridized carbons (Fsp3) is 0.250. The summed E-state index contributed by atoms with van der Waals surface area (Å²) in [6.45, 7) is 0.576. The van der Waals surface area contributed by atoms with Crippen molar-refractivity contribution in [3.8, 4) is 17.2 Å². The van der Waals surface area contributed by atoms with E-state index in [1.807, 2.05) is 36.4 Å². The highest BCUT2D eigenvalue weighted by Gasteiger charge is 2.18. The summed E-state index contributed by atoms with van der Waals surface area (Å²) >= 11 is 3.55. The number of methoxy groups -OCH3 is 3. The quantitative estimate of drug-likeness (QED) is 0.733. The van der Waals surface area contributed by atoms with Gasteiger partial charge in [0.05, 0.1) is 25.8 Å². The average molecular weight is 367 g/mol. The van der Waals surface area contributed by atoms with Gasteiger partial charge in [-0.15, -0.1) is 0 Å². The molecule has 2 N–H and O–H groups in total. The van der Waals surface area contributed by atoms with Gasteiger partial charge in [0, 0.05) is 12.2 Å². The van der Waals surface area contributed by atoms with E-state index >= 15 is 0 Å². The molecule has 0 saturated carbocycles. The van der Waals surface area contributed by atoms with Crippen LogP contribution >= 0.6 is 15.9 Å². The van der Waals surface area contributed by atoms with Gasteiger partial charge >= 0.3 is 0 Å². The smallest absolute Gasteiger partial charge is 0.204 e. The molecular formula is C16H19BrN2O3. The van der Waals surface area contributed by atoms with Crippen LogP contribution in [0.15, 0.2) is 40.9 Å². The van der Waals surface area contributed by atoms with Crippen molar-refractivity contribution >= 4 is 21.6 Å². The van der Waals surface area contributed by atoms with Gasteiger partial charge in [0.25, 0.3) is 0 Å². The van der Waals surface area contributed by atoms with Gasteiger partial charge in [-0.3, -0.25) is 0 Å². The highest BCUT2D eigenvalue weighted by Crippen LogP contribution is 2.44. The van der Waals surface area contributed by atoms with Crippen LogP contribution in [0, 0.1) is 0 Å². The highest BCUT2D eigenvalue weighted by atomic mass is 79.9. The summed E-state index contributed by atoms with van der Waals surface area (Å²) in [4.78, 5) is 0. The normalized spacial score (nSPS) is 10.2. The van der Waals surface area contributed by atoms with Crippen LogP contribution in [0.5, 0.6) is 17.2 Å². The Morgan fingerprint density at radius 1 is 0.955 bits per heavy atom. The second-order valence-corrected chi connectivity index (χ2v) is 5.26. The monoisotopic (exact) mass is 366 g/mol. The minimum absolute atomic E-state index is 0.566. The minimum atomic E-state index is 0.566. The van der Waals surface area contributed by atoms with E-state index in [4.69, 9.17) is 14.2 Å². The van der Waals surface area contributed by atoms with Crippen molar-refractivity contribution in [2.75, 3.05) is 26.8 Å². The largest absolute Gasteiger partial charge is 0.493 e. The topological polar surface area (TPSA) is 51.8 Å². The summed E-state index contributed by atoms with van der Waals surface area (Å²) in [6, 6.07) is 11.8. The molecule has 0 aromatic heterocycles. The van der Waals surface area contributed by atoms with Crippen LogP contribution in [0.25, 0.3) is 0 Å².